The molecular weight excluding hydrogens is 256 g/mol. The predicted octanol–water partition coefficient (Wildman–Crippen LogP) is 4.00. The summed E-state index contributed by atoms with van der Waals surface area (Å²) in [7, 11) is 0. The Bertz CT molecular complexity index is 474. The van der Waals surface area contributed by atoms with Crippen molar-refractivity contribution in [1.29, 1.82) is 0 Å². The molecule has 2 nitrogen and oxygen atoms in total. The van der Waals surface area contributed by atoms with Crippen LogP contribution in [0.15, 0.2) is 18.2 Å². The van der Waals surface area contributed by atoms with Gasteiger partial charge in [-0.25, -0.2) is 0 Å². The van der Waals surface area contributed by atoms with E-state index in [1.54, 1.807) is 0 Å². The van der Waals surface area contributed by atoms with Gasteiger partial charge in [-0.1, -0.05) is 31.9 Å². The van der Waals surface area contributed by atoms with Crippen LogP contribution in [0, 0.1) is 19.8 Å². The molecule has 1 aromatic rings. The van der Waals surface area contributed by atoms with E-state index in [4.69, 9.17) is 0 Å². The first-order valence-corrected chi connectivity index (χ1v) is 8.70. The lowest BCUT2D eigenvalue weighted by Crippen LogP contribution is -2.51. The topological polar surface area (TPSA) is 6.48 Å². The highest BCUT2D eigenvalue weighted by molar-refractivity contribution is 5.55. The third-order valence-electron chi connectivity index (χ3n) is 5.44. The van der Waals surface area contributed by atoms with E-state index in [0.29, 0.717) is 0 Å². The highest BCUT2D eigenvalue weighted by Crippen LogP contribution is 2.29. The van der Waals surface area contributed by atoms with Crippen LogP contribution < -0.4 is 4.90 Å². The van der Waals surface area contributed by atoms with Crippen LogP contribution in [-0.4, -0.2) is 37.1 Å². The zero-order valence-corrected chi connectivity index (χ0v) is 13.9. The second-order valence-corrected chi connectivity index (χ2v) is 7.24. The van der Waals surface area contributed by atoms with Gasteiger partial charge in [0.05, 0.1) is 0 Å². The summed E-state index contributed by atoms with van der Waals surface area (Å²) in [4.78, 5) is 5.35. The molecule has 0 N–H and O–H groups in total. The first-order chi connectivity index (χ1) is 10.1. The molecular formula is C19H30N2. The van der Waals surface area contributed by atoms with E-state index in [9.17, 15) is 0 Å². The maximum absolute atomic E-state index is 2.76. The Morgan fingerprint density at radius 1 is 1.00 bits per heavy atom. The van der Waals surface area contributed by atoms with Gasteiger partial charge in [0, 0.05) is 37.9 Å². The van der Waals surface area contributed by atoms with Gasteiger partial charge in [-0.3, -0.25) is 4.90 Å². The fourth-order valence-corrected chi connectivity index (χ4v) is 4.12. The summed E-state index contributed by atoms with van der Waals surface area (Å²) in [6, 6.07) is 7.70. The quantitative estimate of drug-likeness (QED) is 0.810. The van der Waals surface area contributed by atoms with Crippen LogP contribution in [0.2, 0.25) is 0 Å². The minimum Gasteiger partial charge on any atom is -0.369 e. The van der Waals surface area contributed by atoms with Gasteiger partial charge in [-0.05, 0) is 49.8 Å². The van der Waals surface area contributed by atoms with E-state index in [1.807, 2.05) is 0 Å². The number of rotatable bonds is 2. The average Bonchev–Trinajstić information content (AvgIpc) is 2.50. The third kappa shape index (κ3) is 3.42. The molecule has 1 saturated carbocycles. The second kappa shape index (κ2) is 6.39. The summed E-state index contributed by atoms with van der Waals surface area (Å²) in [6.07, 6.45) is 5.72. The number of benzene rings is 1. The highest BCUT2D eigenvalue weighted by Gasteiger charge is 2.27. The van der Waals surface area contributed by atoms with Gasteiger partial charge < -0.3 is 4.90 Å². The smallest absolute Gasteiger partial charge is 0.0399 e. The number of aryl methyl sites for hydroxylation is 2. The summed E-state index contributed by atoms with van der Waals surface area (Å²) >= 11 is 0. The van der Waals surface area contributed by atoms with Gasteiger partial charge in [-0.15, -0.1) is 0 Å². The van der Waals surface area contributed by atoms with Crippen molar-refractivity contribution in [2.45, 2.75) is 52.5 Å². The molecule has 1 heterocycles. The van der Waals surface area contributed by atoms with E-state index in [1.165, 1.54) is 68.7 Å². The Morgan fingerprint density at radius 3 is 2.48 bits per heavy atom. The van der Waals surface area contributed by atoms with Crippen molar-refractivity contribution < 1.29 is 0 Å². The second-order valence-electron chi connectivity index (χ2n) is 7.24. The standard InChI is InChI=1S/C19H30N2/c1-15-5-4-6-18(13-15)20-9-11-21(12-10-20)19-14-16(2)7-8-17(19)3/h7-8,14-15,18H,4-6,9-13H2,1-3H3/t15-,18-/m1/s1. The molecule has 0 radical (unpaired) electrons. The number of piperazine rings is 1. The number of nitrogens with zero attached hydrogens (tertiary/aromatic N) is 2. The molecule has 116 valence electrons. The van der Waals surface area contributed by atoms with Gasteiger partial charge >= 0.3 is 0 Å². The number of anilines is 1. The predicted molar refractivity (Wildman–Crippen MR) is 91.1 cm³/mol. The summed E-state index contributed by atoms with van der Waals surface area (Å²) in [6.45, 7) is 11.7. The molecule has 1 aromatic carbocycles. The molecule has 2 fully saturated rings. The fourth-order valence-electron chi connectivity index (χ4n) is 4.12. The van der Waals surface area contributed by atoms with Gasteiger partial charge in [0.15, 0.2) is 0 Å². The molecule has 1 aliphatic heterocycles. The minimum atomic E-state index is 0.856. The number of hydrogen-bond acceptors (Lipinski definition) is 2. The molecule has 0 amide bonds. The Labute approximate surface area is 130 Å². The van der Waals surface area contributed by atoms with Crippen molar-refractivity contribution in [2.75, 3.05) is 31.1 Å². The molecule has 3 rings (SSSR count). The normalized spacial score (nSPS) is 27.9. The summed E-state index contributed by atoms with van der Waals surface area (Å²) in [5, 5.41) is 0. The van der Waals surface area contributed by atoms with Gasteiger partial charge in [0.1, 0.15) is 0 Å². The lowest BCUT2D eigenvalue weighted by Gasteiger charge is -2.43. The number of hydrogen-bond donors (Lipinski definition) is 0. The molecule has 1 aliphatic carbocycles. The van der Waals surface area contributed by atoms with E-state index in [2.05, 4.69) is 48.8 Å². The average molecular weight is 286 g/mol. The molecule has 2 atom stereocenters. The lowest BCUT2D eigenvalue weighted by atomic mass is 9.86. The first kappa shape index (κ1) is 14.9. The molecule has 0 aromatic heterocycles. The molecule has 2 aliphatic rings. The van der Waals surface area contributed by atoms with Gasteiger partial charge in [0.2, 0.25) is 0 Å². The maximum atomic E-state index is 2.76. The summed E-state index contributed by atoms with van der Waals surface area (Å²) < 4.78 is 0. The van der Waals surface area contributed by atoms with Gasteiger partial charge in [0.25, 0.3) is 0 Å². The molecule has 2 heteroatoms. The molecule has 0 spiro atoms. The van der Waals surface area contributed by atoms with E-state index in [0.717, 1.165) is 12.0 Å². The maximum Gasteiger partial charge on any atom is 0.0399 e. The zero-order chi connectivity index (χ0) is 14.8. The molecule has 0 unspecified atom stereocenters. The van der Waals surface area contributed by atoms with Crippen molar-refractivity contribution in [2.24, 2.45) is 5.92 Å². The van der Waals surface area contributed by atoms with Crippen LogP contribution in [0.5, 0.6) is 0 Å². The lowest BCUT2D eigenvalue weighted by molar-refractivity contribution is 0.127. The largest absolute Gasteiger partial charge is 0.369 e. The van der Waals surface area contributed by atoms with Crippen LogP contribution in [0.4, 0.5) is 5.69 Å². The van der Waals surface area contributed by atoms with Crippen LogP contribution in [0.3, 0.4) is 0 Å². The zero-order valence-electron chi connectivity index (χ0n) is 13.9. The Morgan fingerprint density at radius 2 is 1.76 bits per heavy atom. The van der Waals surface area contributed by atoms with E-state index in [-0.39, 0.29) is 0 Å². The van der Waals surface area contributed by atoms with Crippen LogP contribution >= 0.6 is 0 Å². The fraction of sp³-hybridized carbons (Fsp3) is 0.684. The van der Waals surface area contributed by atoms with Crippen molar-refractivity contribution in [3.05, 3.63) is 29.3 Å². The van der Waals surface area contributed by atoms with E-state index < -0.39 is 0 Å². The first-order valence-electron chi connectivity index (χ1n) is 8.70. The highest BCUT2D eigenvalue weighted by atomic mass is 15.3. The minimum absolute atomic E-state index is 0.856. The Kier molecular flexibility index (Phi) is 4.54. The van der Waals surface area contributed by atoms with Crippen molar-refractivity contribution in [3.63, 3.8) is 0 Å². The van der Waals surface area contributed by atoms with E-state index >= 15 is 0 Å². The van der Waals surface area contributed by atoms with Crippen molar-refractivity contribution >= 4 is 5.69 Å². The third-order valence-corrected chi connectivity index (χ3v) is 5.44. The van der Waals surface area contributed by atoms with Crippen LogP contribution in [-0.2, 0) is 0 Å². The summed E-state index contributed by atoms with van der Waals surface area (Å²) in [5.41, 5.74) is 4.24. The summed E-state index contributed by atoms with van der Waals surface area (Å²) in [5.74, 6) is 0.931. The van der Waals surface area contributed by atoms with Gasteiger partial charge in [-0.2, -0.15) is 0 Å². The molecule has 1 saturated heterocycles. The van der Waals surface area contributed by atoms with Crippen molar-refractivity contribution in [1.82, 2.24) is 4.90 Å². The molecule has 0 bridgehead atoms. The van der Waals surface area contributed by atoms with Crippen LogP contribution in [0.25, 0.3) is 0 Å². The Hall–Kier alpha value is -1.02. The molecule has 21 heavy (non-hydrogen) atoms. The van der Waals surface area contributed by atoms with Crippen molar-refractivity contribution in [3.8, 4) is 0 Å². The SMILES string of the molecule is Cc1ccc(C)c(N2CCN([C@@H]3CCC[C@@H](C)C3)CC2)c1. The van der Waals surface area contributed by atoms with Crippen LogP contribution in [0.1, 0.15) is 43.7 Å². The monoisotopic (exact) mass is 286 g/mol. The Balaban J connectivity index is 1.61.